The Kier molecular flexibility index (Phi) is 6.16. The highest BCUT2D eigenvalue weighted by atomic mass is 16.3. The van der Waals surface area contributed by atoms with Crippen LogP contribution in [0.15, 0.2) is 0 Å². The smallest absolute Gasteiger partial charge is 0.272 e. The normalized spacial score (nSPS) is 23.0. The first-order valence-corrected chi connectivity index (χ1v) is 11.3. The minimum atomic E-state index is -0.425. The highest BCUT2D eigenvalue weighted by molar-refractivity contribution is 5.94. The van der Waals surface area contributed by atoms with Gasteiger partial charge in [-0.25, -0.2) is 0 Å². The summed E-state index contributed by atoms with van der Waals surface area (Å²) in [6.45, 7) is 0.356. The van der Waals surface area contributed by atoms with E-state index in [1.54, 1.807) is 0 Å². The first-order valence-electron chi connectivity index (χ1n) is 11.3. The molecule has 4 rings (SSSR count). The fourth-order valence-electron chi connectivity index (χ4n) is 5.40. The Balaban J connectivity index is 1.45. The number of fused-ring (bicyclic) bond motifs is 1. The van der Waals surface area contributed by atoms with Gasteiger partial charge in [-0.3, -0.25) is 9.48 Å². The Morgan fingerprint density at radius 3 is 2.41 bits per heavy atom. The third-order valence-corrected chi connectivity index (χ3v) is 7.01. The summed E-state index contributed by atoms with van der Waals surface area (Å²) >= 11 is 0. The van der Waals surface area contributed by atoms with E-state index in [-0.39, 0.29) is 5.91 Å². The molecule has 1 heterocycles. The van der Waals surface area contributed by atoms with Crippen LogP contribution in [0.5, 0.6) is 0 Å². The molecule has 2 saturated carbocycles. The van der Waals surface area contributed by atoms with E-state index in [2.05, 4.69) is 10.00 Å². The summed E-state index contributed by atoms with van der Waals surface area (Å²) in [5.74, 6) is 0.255. The van der Waals surface area contributed by atoms with Crippen molar-refractivity contribution in [1.82, 2.24) is 15.1 Å². The van der Waals surface area contributed by atoms with Crippen molar-refractivity contribution in [1.29, 1.82) is 0 Å². The van der Waals surface area contributed by atoms with Crippen molar-refractivity contribution >= 4 is 5.91 Å². The van der Waals surface area contributed by atoms with E-state index in [9.17, 15) is 9.90 Å². The molecular weight excluding hydrogens is 338 g/mol. The van der Waals surface area contributed by atoms with Crippen LogP contribution in [0.2, 0.25) is 0 Å². The van der Waals surface area contributed by atoms with Gasteiger partial charge < -0.3 is 10.4 Å². The van der Waals surface area contributed by atoms with Crippen molar-refractivity contribution in [3.63, 3.8) is 0 Å². The maximum absolute atomic E-state index is 12.9. The van der Waals surface area contributed by atoms with Gasteiger partial charge in [0.15, 0.2) is 5.69 Å². The number of hydrogen-bond acceptors (Lipinski definition) is 3. The van der Waals surface area contributed by atoms with Crippen LogP contribution in [0, 0.1) is 5.92 Å². The molecule has 1 atom stereocenters. The van der Waals surface area contributed by atoms with Crippen LogP contribution in [-0.2, 0) is 12.8 Å². The monoisotopic (exact) mass is 373 g/mol. The SMILES string of the molecule is O=C(NCC(O)C1CCCCC1)c1nn(C2CCCCC2)c2c1CCCC2. The number of nitrogens with one attached hydrogen (secondary N) is 1. The number of nitrogens with zero attached hydrogens (tertiary/aromatic N) is 2. The number of aliphatic hydroxyl groups is 1. The molecule has 0 spiro atoms. The molecule has 0 saturated heterocycles. The van der Waals surface area contributed by atoms with E-state index in [1.165, 1.54) is 69.0 Å². The molecule has 3 aliphatic rings. The lowest BCUT2D eigenvalue weighted by molar-refractivity contribution is 0.0734. The van der Waals surface area contributed by atoms with Crippen LogP contribution in [0.1, 0.15) is 105 Å². The van der Waals surface area contributed by atoms with Crippen LogP contribution >= 0.6 is 0 Å². The van der Waals surface area contributed by atoms with Gasteiger partial charge in [-0.15, -0.1) is 0 Å². The number of amides is 1. The Morgan fingerprint density at radius 2 is 1.67 bits per heavy atom. The van der Waals surface area contributed by atoms with Gasteiger partial charge in [0.1, 0.15) is 0 Å². The molecule has 1 aromatic rings. The zero-order valence-electron chi connectivity index (χ0n) is 16.6. The predicted octanol–water partition coefficient (Wildman–Crippen LogP) is 3.94. The molecule has 0 aromatic carbocycles. The molecule has 3 aliphatic carbocycles. The number of rotatable bonds is 5. The van der Waals surface area contributed by atoms with Gasteiger partial charge in [0.25, 0.3) is 5.91 Å². The summed E-state index contributed by atoms with van der Waals surface area (Å²) in [4.78, 5) is 12.9. The minimum Gasteiger partial charge on any atom is -0.391 e. The first kappa shape index (κ1) is 19.0. The summed E-state index contributed by atoms with van der Waals surface area (Å²) in [5, 5.41) is 18.3. The quantitative estimate of drug-likeness (QED) is 0.821. The third kappa shape index (κ3) is 4.23. The van der Waals surface area contributed by atoms with Gasteiger partial charge in [0.2, 0.25) is 0 Å². The average molecular weight is 374 g/mol. The second kappa shape index (κ2) is 8.76. The van der Waals surface area contributed by atoms with Crippen LogP contribution in [0.25, 0.3) is 0 Å². The molecule has 2 fully saturated rings. The highest BCUT2D eigenvalue weighted by Crippen LogP contribution is 2.33. The maximum atomic E-state index is 12.9. The van der Waals surface area contributed by atoms with Crippen molar-refractivity contribution in [3.8, 4) is 0 Å². The molecule has 0 radical (unpaired) electrons. The molecule has 27 heavy (non-hydrogen) atoms. The second-order valence-electron chi connectivity index (χ2n) is 8.89. The standard InChI is InChI=1S/C22H35N3O2/c26-20(16-9-3-1-4-10-16)15-23-22(27)21-18-13-7-8-14-19(18)25(24-21)17-11-5-2-6-12-17/h16-17,20,26H,1-15H2,(H,23,27). The van der Waals surface area contributed by atoms with E-state index >= 15 is 0 Å². The fourth-order valence-corrected chi connectivity index (χ4v) is 5.40. The van der Waals surface area contributed by atoms with Crippen molar-refractivity contribution in [2.75, 3.05) is 6.54 Å². The predicted molar refractivity (Wildman–Crippen MR) is 106 cm³/mol. The average Bonchev–Trinajstić information content (AvgIpc) is 3.13. The Bertz CT molecular complexity index is 642. The third-order valence-electron chi connectivity index (χ3n) is 7.01. The lowest BCUT2D eigenvalue weighted by Crippen LogP contribution is -2.37. The summed E-state index contributed by atoms with van der Waals surface area (Å²) in [5.41, 5.74) is 3.12. The Morgan fingerprint density at radius 1 is 1.00 bits per heavy atom. The largest absolute Gasteiger partial charge is 0.391 e. The van der Waals surface area contributed by atoms with E-state index in [1.807, 2.05) is 0 Å². The van der Waals surface area contributed by atoms with Gasteiger partial charge >= 0.3 is 0 Å². The highest BCUT2D eigenvalue weighted by Gasteiger charge is 2.29. The van der Waals surface area contributed by atoms with Crippen LogP contribution in [0.3, 0.4) is 0 Å². The van der Waals surface area contributed by atoms with Gasteiger partial charge in [-0.1, -0.05) is 38.5 Å². The number of carbonyl (C=O) groups excluding carboxylic acids is 1. The van der Waals surface area contributed by atoms with Crippen molar-refractivity contribution < 1.29 is 9.90 Å². The summed E-state index contributed by atoms with van der Waals surface area (Å²) < 4.78 is 2.21. The minimum absolute atomic E-state index is 0.0856. The maximum Gasteiger partial charge on any atom is 0.272 e. The number of carbonyl (C=O) groups is 1. The Labute approximate surface area is 162 Å². The first-order chi connectivity index (χ1) is 13.2. The Hall–Kier alpha value is -1.36. The molecule has 1 unspecified atom stereocenters. The number of hydrogen-bond donors (Lipinski definition) is 2. The van der Waals surface area contributed by atoms with Crippen molar-refractivity contribution in [2.24, 2.45) is 5.92 Å². The summed E-state index contributed by atoms with van der Waals surface area (Å²) in [6, 6.07) is 0.472. The molecule has 1 amide bonds. The zero-order chi connectivity index (χ0) is 18.6. The van der Waals surface area contributed by atoms with E-state index in [0.717, 1.165) is 32.1 Å². The second-order valence-corrected chi connectivity index (χ2v) is 8.89. The van der Waals surface area contributed by atoms with Crippen LogP contribution in [-0.4, -0.2) is 33.4 Å². The molecular formula is C22H35N3O2. The van der Waals surface area contributed by atoms with Gasteiger partial charge in [0, 0.05) is 17.8 Å². The zero-order valence-corrected chi connectivity index (χ0v) is 16.6. The lowest BCUT2D eigenvalue weighted by atomic mass is 9.85. The van der Waals surface area contributed by atoms with E-state index < -0.39 is 6.10 Å². The lowest BCUT2D eigenvalue weighted by Gasteiger charge is -2.26. The van der Waals surface area contributed by atoms with Crippen molar-refractivity contribution in [3.05, 3.63) is 17.0 Å². The van der Waals surface area contributed by atoms with E-state index in [4.69, 9.17) is 5.10 Å². The molecule has 150 valence electrons. The molecule has 2 N–H and O–H groups in total. The topological polar surface area (TPSA) is 67.2 Å². The summed E-state index contributed by atoms with van der Waals surface area (Å²) in [7, 11) is 0. The molecule has 1 aromatic heterocycles. The van der Waals surface area contributed by atoms with Crippen LogP contribution in [0.4, 0.5) is 0 Å². The fraction of sp³-hybridized carbons (Fsp3) is 0.818. The number of aromatic nitrogens is 2. The van der Waals surface area contributed by atoms with Gasteiger partial charge in [0.05, 0.1) is 12.1 Å². The van der Waals surface area contributed by atoms with Crippen molar-refractivity contribution in [2.45, 2.75) is 102 Å². The van der Waals surface area contributed by atoms with Crippen LogP contribution < -0.4 is 5.32 Å². The molecule has 0 aliphatic heterocycles. The number of aliphatic hydroxyl groups excluding tert-OH is 1. The van der Waals surface area contributed by atoms with E-state index in [0.29, 0.717) is 24.2 Å². The molecule has 5 heteroatoms. The summed E-state index contributed by atoms with van der Waals surface area (Å²) in [6.07, 6.45) is 16.1. The van der Waals surface area contributed by atoms with Gasteiger partial charge in [-0.2, -0.15) is 5.10 Å². The molecule has 0 bridgehead atoms. The molecule has 5 nitrogen and oxygen atoms in total. The van der Waals surface area contributed by atoms with Gasteiger partial charge in [-0.05, 0) is 57.3 Å².